The third kappa shape index (κ3) is 6.62. The highest BCUT2D eigenvalue weighted by Gasteiger charge is 2.26. The molecule has 8 heteroatoms. The summed E-state index contributed by atoms with van der Waals surface area (Å²) in [5.41, 5.74) is 1.36. The van der Waals surface area contributed by atoms with Gasteiger partial charge in [0.2, 0.25) is 15.9 Å². The minimum atomic E-state index is -3.70. The second kappa shape index (κ2) is 10.0. The van der Waals surface area contributed by atoms with E-state index in [9.17, 15) is 13.2 Å². The van der Waals surface area contributed by atoms with E-state index in [2.05, 4.69) is 31.3 Å². The summed E-state index contributed by atoms with van der Waals surface area (Å²) in [5, 5.41) is 2.93. The van der Waals surface area contributed by atoms with E-state index in [1.807, 2.05) is 25.1 Å². The van der Waals surface area contributed by atoms with E-state index in [0.29, 0.717) is 23.6 Å². The maximum absolute atomic E-state index is 12.7. The van der Waals surface area contributed by atoms with Gasteiger partial charge in [0, 0.05) is 12.1 Å². The van der Waals surface area contributed by atoms with E-state index in [1.165, 1.54) is 25.8 Å². The lowest BCUT2D eigenvalue weighted by Crippen LogP contribution is -2.44. The molecule has 0 radical (unpaired) electrons. The first-order chi connectivity index (χ1) is 14.5. The number of sulfonamides is 1. The Kier molecular flexibility index (Phi) is 7.95. The number of nitrogens with zero attached hydrogens (tertiary/aromatic N) is 1. The highest BCUT2D eigenvalue weighted by atomic mass is 32.2. The van der Waals surface area contributed by atoms with Gasteiger partial charge in [-0.25, -0.2) is 8.42 Å². The molecule has 0 aliphatic carbocycles. The molecular formula is C23H32N2O5S. The highest BCUT2D eigenvalue weighted by molar-refractivity contribution is 7.92. The molecule has 7 nitrogen and oxygen atoms in total. The predicted octanol–water partition coefficient (Wildman–Crippen LogP) is 3.34. The van der Waals surface area contributed by atoms with Crippen LogP contribution >= 0.6 is 0 Å². The Balaban J connectivity index is 2.13. The average molecular weight is 449 g/mol. The average Bonchev–Trinajstić information content (AvgIpc) is 2.70. The van der Waals surface area contributed by atoms with Crippen LogP contribution in [0.1, 0.15) is 32.8 Å². The molecule has 0 spiro atoms. The topological polar surface area (TPSA) is 84.9 Å². The van der Waals surface area contributed by atoms with Crippen LogP contribution in [0.4, 0.5) is 5.69 Å². The van der Waals surface area contributed by atoms with Crippen LogP contribution in [0, 0.1) is 0 Å². The molecule has 0 aliphatic heterocycles. The van der Waals surface area contributed by atoms with E-state index >= 15 is 0 Å². The Bertz CT molecular complexity index is 990. The normalized spacial score (nSPS) is 12.7. The van der Waals surface area contributed by atoms with Crippen molar-refractivity contribution in [2.45, 2.75) is 38.6 Å². The maximum Gasteiger partial charge on any atom is 0.240 e. The Morgan fingerprint density at radius 1 is 1.06 bits per heavy atom. The quantitative estimate of drug-likeness (QED) is 0.603. The number of ether oxygens (including phenoxy) is 2. The molecule has 0 aliphatic rings. The van der Waals surface area contributed by atoms with Gasteiger partial charge in [0.25, 0.3) is 0 Å². The molecule has 1 atom stereocenters. The second-order valence-electron chi connectivity index (χ2n) is 8.23. The number of methoxy groups -OCH3 is 2. The number of hydrogen-bond acceptors (Lipinski definition) is 5. The number of hydrogen-bond donors (Lipinski definition) is 1. The largest absolute Gasteiger partial charge is 0.493 e. The molecule has 1 N–H and O–H groups in total. The summed E-state index contributed by atoms with van der Waals surface area (Å²) in [6.07, 6.45) is 1.77. The molecular weight excluding hydrogens is 416 g/mol. The molecule has 0 saturated carbocycles. The Labute approximate surface area is 185 Å². The van der Waals surface area contributed by atoms with Crippen molar-refractivity contribution in [1.82, 2.24) is 5.32 Å². The van der Waals surface area contributed by atoms with Gasteiger partial charge in [0.1, 0.15) is 6.54 Å². The van der Waals surface area contributed by atoms with Crippen LogP contribution in [-0.2, 0) is 20.2 Å². The minimum Gasteiger partial charge on any atom is -0.493 e. The second-order valence-corrected chi connectivity index (χ2v) is 10.1. The fourth-order valence-corrected chi connectivity index (χ4v) is 4.50. The van der Waals surface area contributed by atoms with E-state index in [-0.39, 0.29) is 23.9 Å². The summed E-state index contributed by atoms with van der Waals surface area (Å²) in [7, 11) is -0.730. The number of carbonyl (C=O) groups excluding carboxylic acids is 1. The summed E-state index contributed by atoms with van der Waals surface area (Å²) >= 11 is 0. The fourth-order valence-electron chi connectivity index (χ4n) is 3.65. The van der Waals surface area contributed by atoms with Crippen molar-refractivity contribution in [1.29, 1.82) is 0 Å². The fraction of sp³-hybridized carbons (Fsp3) is 0.435. The number of rotatable bonds is 10. The number of nitrogens with one attached hydrogen (secondary N) is 1. The summed E-state index contributed by atoms with van der Waals surface area (Å²) in [4.78, 5) is 12.7. The Hall–Kier alpha value is -2.74. The van der Waals surface area contributed by atoms with Crippen LogP contribution in [0.15, 0.2) is 48.5 Å². The van der Waals surface area contributed by atoms with E-state index < -0.39 is 10.0 Å². The first-order valence-corrected chi connectivity index (χ1v) is 11.9. The first kappa shape index (κ1) is 24.5. The molecule has 0 saturated heterocycles. The number of amides is 1. The van der Waals surface area contributed by atoms with E-state index in [0.717, 1.165) is 10.6 Å². The minimum absolute atomic E-state index is 0.144. The summed E-state index contributed by atoms with van der Waals surface area (Å²) in [6, 6.07) is 14.7. The lowest BCUT2D eigenvalue weighted by atomic mass is 9.79. The summed E-state index contributed by atoms with van der Waals surface area (Å²) < 4.78 is 36.3. The maximum atomic E-state index is 12.7. The standard InChI is InChI=1S/C23H32N2O5S/c1-17(15-23(2,3)18-10-8-7-9-11-18)24-22(26)16-25(31(6,27)28)19-12-13-20(29-4)21(14-19)30-5/h7-14,17H,15-16H2,1-6H3,(H,24,26). The van der Waals surface area contributed by atoms with Gasteiger partial charge in [-0.15, -0.1) is 0 Å². The van der Waals surface area contributed by atoms with Crippen LogP contribution in [0.3, 0.4) is 0 Å². The highest BCUT2D eigenvalue weighted by Crippen LogP contribution is 2.32. The van der Waals surface area contributed by atoms with Gasteiger partial charge in [-0.3, -0.25) is 9.10 Å². The van der Waals surface area contributed by atoms with Crippen molar-refractivity contribution in [3.63, 3.8) is 0 Å². The lowest BCUT2D eigenvalue weighted by molar-refractivity contribution is -0.120. The molecule has 2 aromatic carbocycles. The molecule has 1 unspecified atom stereocenters. The molecule has 0 heterocycles. The van der Waals surface area contributed by atoms with Gasteiger partial charge >= 0.3 is 0 Å². The van der Waals surface area contributed by atoms with Crippen LogP contribution in [0.5, 0.6) is 11.5 Å². The van der Waals surface area contributed by atoms with E-state index in [4.69, 9.17) is 9.47 Å². The molecule has 1 amide bonds. The van der Waals surface area contributed by atoms with Gasteiger partial charge in [-0.05, 0) is 36.5 Å². The zero-order chi connectivity index (χ0) is 23.2. The van der Waals surface area contributed by atoms with Crippen molar-refractivity contribution in [2.24, 2.45) is 0 Å². The zero-order valence-corrected chi connectivity index (χ0v) is 19.8. The van der Waals surface area contributed by atoms with Crippen LogP contribution in [0.25, 0.3) is 0 Å². The molecule has 31 heavy (non-hydrogen) atoms. The first-order valence-electron chi connectivity index (χ1n) is 10.0. The van der Waals surface area contributed by atoms with Gasteiger partial charge in [0.15, 0.2) is 11.5 Å². The third-order valence-electron chi connectivity index (χ3n) is 5.12. The third-order valence-corrected chi connectivity index (χ3v) is 6.26. The molecule has 170 valence electrons. The molecule has 2 aromatic rings. The summed E-state index contributed by atoms with van der Waals surface area (Å²) in [5.74, 6) is 0.476. The van der Waals surface area contributed by atoms with Crippen LogP contribution < -0.4 is 19.1 Å². The van der Waals surface area contributed by atoms with Crippen molar-refractivity contribution in [2.75, 3.05) is 31.3 Å². The SMILES string of the molecule is COc1ccc(N(CC(=O)NC(C)CC(C)(C)c2ccccc2)S(C)(=O)=O)cc1OC. The monoisotopic (exact) mass is 448 g/mol. The van der Waals surface area contributed by atoms with Crippen molar-refractivity contribution in [3.8, 4) is 11.5 Å². The summed E-state index contributed by atoms with van der Waals surface area (Å²) in [6.45, 7) is 5.84. The lowest BCUT2D eigenvalue weighted by Gasteiger charge is -2.30. The Morgan fingerprint density at radius 2 is 1.68 bits per heavy atom. The predicted molar refractivity (Wildman–Crippen MR) is 123 cm³/mol. The number of carbonyl (C=O) groups is 1. The molecule has 0 bridgehead atoms. The molecule has 0 fully saturated rings. The van der Waals surface area contributed by atoms with E-state index in [1.54, 1.807) is 12.1 Å². The number of benzene rings is 2. The van der Waals surface area contributed by atoms with Gasteiger partial charge in [-0.2, -0.15) is 0 Å². The molecule has 2 rings (SSSR count). The number of anilines is 1. The van der Waals surface area contributed by atoms with Crippen molar-refractivity contribution < 1.29 is 22.7 Å². The van der Waals surface area contributed by atoms with Crippen molar-refractivity contribution >= 4 is 21.6 Å². The molecule has 0 aromatic heterocycles. The Morgan fingerprint density at radius 3 is 2.23 bits per heavy atom. The zero-order valence-electron chi connectivity index (χ0n) is 19.0. The van der Waals surface area contributed by atoms with Gasteiger partial charge in [0.05, 0.1) is 26.2 Å². The van der Waals surface area contributed by atoms with Crippen LogP contribution in [-0.4, -0.2) is 47.4 Å². The van der Waals surface area contributed by atoms with Gasteiger partial charge in [-0.1, -0.05) is 44.2 Å². The van der Waals surface area contributed by atoms with Crippen molar-refractivity contribution in [3.05, 3.63) is 54.1 Å². The van der Waals surface area contributed by atoms with Crippen LogP contribution in [0.2, 0.25) is 0 Å². The smallest absolute Gasteiger partial charge is 0.240 e. The van der Waals surface area contributed by atoms with Gasteiger partial charge < -0.3 is 14.8 Å².